The van der Waals surface area contributed by atoms with E-state index in [2.05, 4.69) is 17.6 Å². The fourth-order valence-corrected chi connectivity index (χ4v) is 6.64. The summed E-state index contributed by atoms with van der Waals surface area (Å²) < 4.78 is 11.8. The van der Waals surface area contributed by atoms with Gasteiger partial charge in [-0.25, -0.2) is 4.79 Å². The van der Waals surface area contributed by atoms with Gasteiger partial charge in [0.15, 0.2) is 5.79 Å². The molecule has 2 fully saturated rings. The van der Waals surface area contributed by atoms with Crippen LogP contribution in [0.25, 0.3) is 0 Å². The van der Waals surface area contributed by atoms with E-state index in [0.717, 1.165) is 44.1 Å². The number of carboxylic acid groups (broad SMARTS) is 1. The van der Waals surface area contributed by atoms with Crippen molar-refractivity contribution in [3.8, 4) is 0 Å². The highest BCUT2D eigenvalue weighted by molar-refractivity contribution is 5.83. The minimum absolute atomic E-state index is 0.130. The first kappa shape index (κ1) is 36.8. The number of amides is 3. The van der Waals surface area contributed by atoms with E-state index in [1.807, 2.05) is 49.1 Å². The van der Waals surface area contributed by atoms with Crippen LogP contribution in [0, 0.1) is 11.3 Å². The number of rotatable bonds is 17. The highest BCUT2D eigenvalue weighted by atomic mass is 16.7. The molecular weight excluding hydrogens is 570 g/mol. The molecule has 0 aromatic heterocycles. The summed E-state index contributed by atoms with van der Waals surface area (Å²) in [5.41, 5.74) is 0.492. The Morgan fingerprint density at radius 2 is 1.60 bits per heavy atom. The zero-order valence-electron chi connectivity index (χ0n) is 28.4. The fraction of sp³-hybridized carbons (Fsp3) is 0.750. The van der Waals surface area contributed by atoms with Crippen molar-refractivity contribution < 1.29 is 29.0 Å². The molecule has 0 spiro atoms. The lowest BCUT2D eigenvalue weighted by molar-refractivity contribution is -0.304. The summed E-state index contributed by atoms with van der Waals surface area (Å²) in [4.78, 5) is 41.4. The Labute approximate surface area is 271 Å². The van der Waals surface area contributed by atoms with Crippen LogP contribution in [0.15, 0.2) is 30.3 Å². The van der Waals surface area contributed by atoms with E-state index in [1.165, 1.54) is 38.5 Å². The molecule has 4 atom stereocenters. The van der Waals surface area contributed by atoms with Gasteiger partial charge in [-0.15, -0.1) is 0 Å². The van der Waals surface area contributed by atoms with Gasteiger partial charge in [-0.2, -0.15) is 0 Å². The Morgan fingerprint density at radius 1 is 0.956 bits per heavy atom. The molecule has 45 heavy (non-hydrogen) atoms. The number of urea groups is 1. The minimum Gasteiger partial charge on any atom is -0.481 e. The molecule has 0 bridgehead atoms. The van der Waals surface area contributed by atoms with Crippen LogP contribution in [0.1, 0.15) is 124 Å². The molecule has 9 nitrogen and oxygen atoms in total. The quantitative estimate of drug-likeness (QED) is 0.159. The molecule has 4 unspecified atom stereocenters. The number of benzene rings is 1. The Bertz CT molecular complexity index is 1060. The van der Waals surface area contributed by atoms with Gasteiger partial charge in [-0.1, -0.05) is 109 Å². The van der Waals surface area contributed by atoms with Gasteiger partial charge in [0.05, 0.1) is 13.0 Å². The van der Waals surface area contributed by atoms with Crippen molar-refractivity contribution in [1.82, 2.24) is 15.5 Å². The summed E-state index contributed by atoms with van der Waals surface area (Å²) in [6.45, 7) is 11.1. The molecule has 0 radical (unpaired) electrons. The largest absolute Gasteiger partial charge is 0.481 e. The number of carbonyl (C=O) groups excluding carboxylic acids is 2. The Balaban J connectivity index is 1.69. The summed E-state index contributed by atoms with van der Waals surface area (Å²) in [5.74, 6) is -2.44. The maximum absolute atomic E-state index is 13.8. The van der Waals surface area contributed by atoms with Gasteiger partial charge < -0.3 is 30.1 Å². The smallest absolute Gasteiger partial charge is 0.317 e. The van der Waals surface area contributed by atoms with Gasteiger partial charge in [0, 0.05) is 36.5 Å². The van der Waals surface area contributed by atoms with Crippen molar-refractivity contribution in [3.63, 3.8) is 0 Å². The zero-order chi connectivity index (χ0) is 32.9. The first-order valence-electron chi connectivity index (χ1n) is 17.3. The monoisotopic (exact) mass is 629 g/mol. The number of unbranched alkanes of at least 4 members (excludes halogenated alkanes) is 7. The van der Waals surface area contributed by atoms with E-state index in [9.17, 15) is 19.5 Å². The van der Waals surface area contributed by atoms with Gasteiger partial charge in [-0.05, 0) is 38.7 Å². The van der Waals surface area contributed by atoms with Crippen LogP contribution in [0.5, 0.6) is 0 Å². The van der Waals surface area contributed by atoms with E-state index in [-0.39, 0.29) is 30.3 Å². The van der Waals surface area contributed by atoms with Crippen molar-refractivity contribution in [2.45, 2.75) is 149 Å². The average molecular weight is 630 g/mol. The lowest BCUT2D eigenvalue weighted by Crippen LogP contribution is -2.60. The fourth-order valence-electron chi connectivity index (χ4n) is 6.64. The highest BCUT2D eigenvalue weighted by Crippen LogP contribution is 2.36. The zero-order valence-corrected chi connectivity index (χ0v) is 28.4. The third kappa shape index (κ3) is 12.2. The van der Waals surface area contributed by atoms with Crippen LogP contribution >= 0.6 is 0 Å². The third-order valence-corrected chi connectivity index (χ3v) is 9.29. The van der Waals surface area contributed by atoms with E-state index < -0.39 is 29.3 Å². The molecule has 1 heterocycles. The first-order valence-corrected chi connectivity index (χ1v) is 17.3. The Morgan fingerprint density at radius 3 is 2.27 bits per heavy atom. The second-order valence-corrected chi connectivity index (χ2v) is 14.3. The second kappa shape index (κ2) is 17.9. The maximum Gasteiger partial charge on any atom is 0.317 e. The summed E-state index contributed by atoms with van der Waals surface area (Å²) >= 11 is 0. The third-order valence-electron chi connectivity index (χ3n) is 9.29. The number of ether oxygens (including phenoxy) is 2. The average Bonchev–Trinajstić information content (AvgIpc) is 2.99. The van der Waals surface area contributed by atoms with Gasteiger partial charge in [0.1, 0.15) is 6.10 Å². The summed E-state index contributed by atoms with van der Waals surface area (Å²) in [6, 6.07) is 9.02. The van der Waals surface area contributed by atoms with Crippen molar-refractivity contribution in [2.75, 3.05) is 13.2 Å². The van der Waals surface area contributed by atoms with E-state index in [1.54, 1.807) is 13.8 Å². The molecule has 254 valence electrons. The number of hydrogen-bond acceptors (Lipinski definition) is 5. The van der Waals surface area contributed by atoms with Crippen LogP contribution in [0.2, 0.25) is 0 Å². The topological polar surface area (TPSA) is 117 Å². The Hall–Kier alpha value is -2.65. The second-order valence-electron chi connectivity index (χ2n) is 14.3. The SMILES string of the molecule is CCCCCCCCCCN(Cc1ccccc1)C(=O)NC1CCCCC1C(CC(=O)O)NC(=O)C1OC(C)(C)OCC1(C)C. The van der Waals surface area contributed by atoms with Crippen LogP contribution in [0.3, 0.4) is 0 Å². The van der Waals surface area contributed by atoms with Crippen LogP contribution in [-0.2, 0) is 25.6 Å². The molecule has 3 amide bonds. The van der Waals surface area contributed by atoms with Crippen molar-refractivity contribution in [2.24, 2.45) is 11.3 Å². The molecule has 1 aromatic carbocycles. The predicted octanol–water partition coefficient (Wildman–Crippen LogP) is 7.03. The van der Waals surface area contributed by atoms with Crippen molar-refractivity contribution in [3.05, 3.63) is 35.9 Å². The van der Waals surface area contributed by atoms with Gasteiger partial charge in [0.25, 0.3) is 0 Å². The lowest BCUT2D eigenvalue weighted by Gasteiger charge is -2.45. The minimum atomic E-state index is -0.983. The Kier molecular flexibility index (Phi) is 14.6. The molecule has 9 heteroatoms. The number of carboxylic acids is 1. The molecule has 3 rings (SSSR count). The number of nitrogens with one attached hydrogen (secondary N) is 2. The van der Waals surface area contributed by atoms with Crippen LogP contribution in [0.4, 0.5) is 4.79 Å². The maximum atomic E-state index is 13.8. The van der Waals surface area contributed by atoms with Gasteiger partial charge in [-0.3, -0.25) is 9.59 Å². The van der Waals surface area contributed by atoms with Crippen LogP contribution < -0.4 is 10.6 Å². The number of carbonyl (C=O) groups is 3. The molecule has 2 aliphatic rings. The van der Waals surface area contributed by atoms with E-state index >= 15 is 0 Å². The molecule has 1 saturated heterocycles. The highest BCUT2D eigenvalue weighted by Gasteiger charge is 2.47. The molecule has 1 saturated carbocycles. The standard InChI is InChI=1S/C36H59N3O6/c1-6-7-8-9-10-11-12-18-23-39(25-27-19-14-13-15-20-27)34(43)38-29-22-17-16-21-28(29)30(24-31(40)41)37-33(42)32-35(2,3)26-44-36(4,5)45-32/h13-15,19-20,28-30,32H,6-12,16-18,21-26H2,1-5H3,(H,37,42)(H,38,43)(H,40,41). The number of hydrogen-bond donors (Lipinski definition) is 3. The molecule has 3 N–H and O–H groups in total. The normalized spacial score (nSPS) is 23.1. The van der Waals surface area contributed by atoms with Crippen molar-refractivity contribution >= 4 is 17.9 Å². The molecule has 1 aromatic rings. The molecule has 1 aliphatic carbocycles. The van der Waals surface area contributed by atoms with Crippen molar-refractivity contribution in [1.29, 1.82) is 0 Å². The predicted molar refractivity (Wildman–Crippen MR) is 177 cm³/mol. The van der Waals surface area contributed by atoms with Gasteiger partial charge in [0.2, 0.25) is 5.91 Å². The van der Waals surface area contributed by atoms with Gasteiger partial charge >= 0.3 is 12.0 Å². The van der Waals surface area contributed by atoms with Crippen LogP contribution in [-0.4, -0.2) is 65.0 Å². The van der Waals surface area contributed by atoms with E-state index in [0.29, 0.717) is 19.7 Å². The molecular formula is C36H59N3O6. The summed E-state index contributed by atoms with van der Waals surface area (Å²) in [6.07, 6.45) is 11.9. The number of aliphatic carboxylic acids is 1. The lowest BCUT2D eigenvalue weighted by atomic mass is 9.78. The summed E-state index contributed by atoms with van der Waals surface area (Å²) in [7, 11) is 0. The first-order chi connectivity index (χ1) is 21.4. The molecule has 1 aliphatic heterocycles. The van der Waals surface area contributed by atoms with E-state index in [4.69, 9.17) is 9.47 Å². The summed E-state index contributed by atoms with van der Waals surface area (Å²) in [5, 5.41) is 16.2. The number of nitrogens with zero attached hydrogens (tertiary/aromatic N) is 1.